The predicted octanol–water partition coefficient (Wildman–Crippen LogP) is 5.33. The smallest absolute Gasteiger partial charge is 0.275 e. The number of amides is 1. The fraction of sp³-hybridized carbons (Fsp3) is 0.0556. The van der Waals surface area contributed by atoms with E-state index in [1.54, 1.807) is 11.8 Å². The topological polar surface area (TPSA) is 70.7 Å². The summed E-state index contributed by atoms with van der Waals surface area (Å²) in [5.41, 5.74) is 2.60. The molecule has 0 fully saturated rings. The van der Waals surface area contributed by atoms with Gasteiger partial charge < -0.3 is 4.98 Å². The summed E-state index contributed by atoms with van der Waals surface area (Å²) in [6, 6.07) is 17.9. The van der Waals surface area contributed by atoms with Crippen molar-refractivity contribution in [2.45, 2.75) is 10.1 Å². The van der Waals surface area contributed by atoms with Crippen LogP contribution < -0.4 is 5.32 Å². The van der Waals surface area contributed by atoms with Gasteiger partial charge in [-0.25, -0.2) is 0 Å². The zero-order valence-corrected chi connectivity index (χ0v) is 16.6. The Kier molecular flexibility index (Phi) is 5.05. The number of H-pyrrole nitrogens is 1. The van der Waals surface area contributed by atoms with Crippen molar-refractivity contribution in [2.75, 3.05) is 5.32 Å². The van der Waals surface area contributed by atoms with Gasteiger partial charge >= 0.3 is 0 Å². The second-order valence-corrected chi connectivity index (χ2v) is 8.45. The van der Waals surface area contributed by atoms with Gasteiger partial charge in [0.15, 0.2) is 4.34 Å². The van der Waals surface area contributed by atoms with Crippen LogP contribution in [-0.4, -0.2) is 21.1 Å². The van der Waals surface area contributed by atoms with Crippen molar-refractivity contribution >= 4 is 61.0 Å². The van der Waals surface area contributed by atoms with E-state index >= 15 is 0 Å². The zero-order chi connectivity index (χ0) is 17.9. The molecule has 0 saturated heterocycles. The van der Waals surface area contributed by atoms with E-state index in [0.717, 1.165) is 25.5 Å². The molecule has 130 valence electrons. The number of nitrogens with zero attached hydrogens (tertiary/aromatic N) is 2. The van der Waals surface area contributed by atoms with Crippen molar-refractivity contribution in [3.05, 3.63) is 70.3 Å². The minimum atomic E-state index is -0.246. The highest BCUT2D eigenvalue weighted by Gasteiger charge is 2.17. The summed E-state index contributed by atoms with van der Waals surface area (Å²) < 4.78 is 1.56. The number of hydrogen-bond donors (Lipinski definition) is 2. The molecule has 0 aliphatic rings. The van der Waals surface area contributed by atoms with Crippen LogP contribution in [0.3, 0.4) is 0 Å². The van der Waals surface area contributed by atoms with Crippen LogP contribution in [0.25, 0.3) is 10.9 Å². The van der Waals surface area contributed by atoms with Crippen LogP contribution in [0, 0.1) is 0 Å². The van der Waals surface area contributed by atoms with Gasteiger partial charge in [0.25, 0.3) is 5.91 Å². The van der Waals surface area contributed by atoms with E-state index in [9.17, 15) is 4.79 Å². The molecule has 0 bridgehead atoms. The first-order valence-corrected chi connectivity index (χ1v) is 10.4. The second-order valence-electron chi connectivity index (χ2n) is 5.46. The number of nitrogens with one attached hydrogen (secondary N) is 2. The van der Waals surface area contributed by atoms with E-state index in [1.807, 2.05) is 42.5 Å². The number of carbonyl (C=O) groups is 1. The number of anilines is 1. The minimum absolute atomic E-state index is 0.246. The third-order valence-corrected chi connectivity index (χ3v) is 6.57. The lowest BCUT2D eigenvalue weighted by Crippen LogP contribution is -2.12. The highest BCUT2D eigenvalue weighted by Crippen LogP contribution is 2.30. The van der Waals surface area contributed by atoms with E-state index in [0.29, 0.717) is 10.8 Å². The van der Waals surface area contributed by atoms with Gasteiger partial charge in [-0.1, -0.05) is 71.6 Å². The quantitative estimate of drug-likeness (QED) is 0.322. The molecule has 26 heavy (non-hydrogen) atoms. The van der Waals surface area contributed by atoms with Crippen molar-refractivity contribution < 1.29 is 4.79 Å². The number of carbonyl (C=O) groups excluding carboxylic acids is 1. The Morgan fingerprint density at radius 2 is 1.88 bits per heavy atom. The lowest BCUT2D eigenvalue weighted by Gasteiger charge is -1.99. The van der Waals surface area contributed by atoms with Crippen LogP contribution in [0.4, 0.5) is 5.13 Å². The van der Waals surface area contributed by atoms with Gasteiger partial charge in [0.1, 0.15) is 5.69 Å². The highest BCUT2D eigenvalue weighted by molar-refractivity contribution is 9.10. The summed E-state index contributed by atoms with van der Waals surface area (Å²) in [4.78, 5) is 15.7. The molecule has 0 aliphatic carbocycles. The summed E-state index contributed by atoms with van der Waals surface area (Å²) in [6.07, 6.45) is 0. The largest absolute Gasteiger partial charge is 0.350 e. The molecule has 0 unspecified atom stereocenters. The van der Waals surface area contributed by atoms with E-state index in [-0.39, 0.29) is 5.91 Å². The molecule has 5 nitrogen and oxygen atoms in total. The first-order chi connectivity index (χ1) is 12.7. The van der Waals surface area contributed by atoms with Gasteiger partial charge in [-0.05, 0) is 27.6 Å². The Bertz CT molecular complexity index is 1060. The van der Waals surface area contributed by atoms with Crippen molar-refractivity contribution in [3.8, 4) is 0 Å². The predicted molar refractivity (Wildman–Crippen MR) is 110 cm³/mol. The van der Waals surface area contributed by atoms with Crippen LogP contribution in [0.1, 0.15) is 16.1 Å². The summed E-state index contributed by atoms with van der Waals surface area (Å²) in [7, 11) is 0. The lowest BCUT2D eigenvalue weighted by molar-refractivity contribution is 0.102. The second kappa shape index (κ2) is 7.61. The molecule has 8 heteroatoms. The Hall–Kier alpha value is -2.16. The first kappa shape index (κ1) is 17.3. The average molecular weight is 445 g/mol. The third kappa shape index (κ3) is 3.67. The van der Waals surface area contributed by atoms with Crippen LogP contribution in [0.2, 0.25) is 0 Å². The van der Waals surface area contributed by atoms with Crippen molar-refractivity contribution in [3.63, 3.8) is 0 Å². The fourth-order valence-corrected chi connectivity index (χ4v) is 4.79. The molecule has 0 atom stereocenters. The number of aromatic amines is 1. The van der Waals surface area contributed by atoms with E-state index < -0.39 is 0 Å². The average Bonchev–Trinajstić information content (AvgIpc) is 3.25. The Balaban J connectivity index is 1.44. The molecule has 2 N–H and O–H groups in total. The molecular weight excluding hydrogens is 432 g/mol. The molecule has 2 aromatic heterocycles. The standard InChI is InChI=1S/C18H13BrN4OS2/c19-14-12-8-4-5-9-13(12)20-15(14)16(24)21-17-22-23-18(26-17)25-10-11-6-2-1-3-7-11/h1-9,20H,10H2,(H,21,22,24). The fourth-order valence-electron chi connectivity index (χ4n) is 2.46. The van der Waals surface area contributed by atoms with Gasteiger partial charge in [0.05, 0.1) is 4.47 Å². The Morgan fingerprint density at radius 1 is 1.12 bits per heavy atom. The summed E-state index contributed by atoms with van der Waals surface area (Å²) in [5, 5.41) is 12.5. The Labute approximate surface area is 166 Å². The summed E-state index contributed by atoms with van der Waals surface area (Å²) in [5.74, 6) is 0.570. The number of thioether (sulfide) groups is 1. The molecular formula is C18H13BrN4OS2. The Morgan fingerprint density at radius 3 is 2.69 bits per heavy atom. The van der Waals surface area contributed by atoms with Gasteiger partial charge in [-0.3, -0.25) is 10.1 Å². The van der Waals surface area contributed by atoms with Crippen molar-refractivity contribution in [2.24, 2.45) is 0 Å². The number of benzene rings is 2. The summed E-state index contributed by atoms with van der Waals surface area (Å²) in [6.45, 7) is 0. The van der Waals surface area contributed by atoms with Gasteiger partial charge in [0.2, 0.25) is 5.13 Å². The minimum Gasteiger partial charge on any atom is -0.350 e. The molecule has 2 heterocycles. The SMILES string of the molecule is O=C(Nc1nnc(SCc2ccccc2)s1)c1[nH]c2ccccc2c1Br. The van der Waals surface area contributed by atoms with Crippen LogP contribution in [0.15, 0.2) is 63.4 Å². The third-order valence-electron chi connectivity index (χ3n) is 3.70. The molecule has 0 spiro atoms. The number of halogens is 1. The van der Waals surface area contributed by atoms with Gasteiger partial charge in [-0.15, -0.1) is 10.2 Å². The number of hydrogen-bond acceptors (Lipinski definition) is 5. The molecule has 0 radical (unpaired) electrons. The molecule has 1 amide bonds. The van der Waals surface area contributed by atoms with Gasteiger partial charge in [-0.2, -0.15) is 0 Å². The van der Waals surface area contributed by atoms with Crippen LogP contribution in [0.5, 0.6) is 0 Å². The maximum atomic E-state index is 12.6. The van der Waals surface area contributed by atoms with E-state index in [1.165, 1.54) is 16.9 Å². The number of para-hydroxylation sites is 1. The maximum Gasteiger partial charge on any atom is 0.275 e. The number of fused-ring (bicyclic) bond motifs is 1. The lowest BCUT2D eigenvalue weighted by atomic mass is 10.2. The molecule has 0 aliphatic heterocycles. The first-order valence-electron chi connectivity index (χ1n) is 7.78. The number of rotatable bonds is 5. The monoisotopic (exact) mass is 444 g/mol. The van der Waals surface area contributed by atoms with Crippen LogP contribution in [-0.2, 0) is 5.75 Å². The molecule has 0 saturated carbocycles. The van der Waals surface area contributed by atoms with Gasteiger partial charge in [0, 0.05) is 16.7 Å². The van der Waals surface area contributed by atoms with Crippen molar-refractivity contribution in [1.29, 1.82) is 0 Å². The van der Waals surface area contributed by atoms with Crippen LogP contribution >= 0.6 is 39.0 Å². The molecule has 4 rings (SSSR count). The maximum absolute atomic E-state index is 12.6. The van der Waals surface area contributed by atoms with E-state index in [4.69, 9.17) is 0 Å². The van der Waals surface area contributed by atoms with Crippen molar-refractivity contribution in [1.82, 2.24) is 15.2 Å². The highest BCUT2D eigenvalue weighted by atomic mass is 79.9. The molecule has 2 aromatic carbocycles. The zero-order valence-electron chi connectivity index (χ0n) is 13.4. The summed E-state index contributed by atoms with van der Waals surface area (Å²) >= 11 is 6.46. The number of aromatic nitrogens is 3. The normalized spacial score (nSPS) is 11.0. The molecule has 4 aromatic rings. The van der Waals surface area contributed by atoms with E-state index in [2.05, 4.69) is 48.6 Å².